The third-order valence-electron chi connectivity index (χ3n) is 1.99. The second-order valence-electron chi connectivity index (χ2n) is 3.81. The predicted octanol–water partition coefficient (Wildman–Crippen LogP) is 1.98. The summed E-state index contributed by atoms with van der Waals surface area (Å²) < 4.78 is 10.8. The van der Waals surface area contributed by atoms with Gasteiger partial charge in [-0.05, 0) is 37.6 Å². The molecule has 0 fully saturated rings. The quantitative estimate of drug-likeness (QED) is 0.794. The van der Waals surface area contributed by atoms with Crippen LogP contribution in [0.2, 0.25) is 0 Å². The third-order valence-corrected chi connectivity index (χ3v) is 1.99. The third kappa shape index (κ3) is 4.18. The van der Waals surface area contributed by atoms with Crippen LogP contribution in [0.25, 0.3) is 6.08 Å². The van der Waals surface area contributed by atoms with Crippen molar-refractivity contribution >= 4 is 12.0 Å². The van der Waals surface area contributed by atoms with E-state index in [1.54, 1.807) is 25.3 Å². The van der Waals surface area contributed by atoms with E-state index in [9.17, 15) is 4.79 Å². The lowest BCUT2D eigenvalue weighted by molar-refractivity contribution is -0.113. The summed E-state index contributed by atoms with van der Waals surface area (Å²) in [5, 5.41) is 0. The normalized spacial score (nSPS) is 10.8. The van der Waals surface area contributed by atoms with Gasteiger partial charge in [-0.3, -0.25) is 4.79 Å². The highest BCUT2D eigenvalue weighted by atomic mass is 16.5. The number of methoxy groups -OCH3 is 1. The van der Waals surface area contributed by atoms with Crippen molar-refractivity contribution in [2.75, 3.05) is 7.11 Å². The lowest BCUT2D eigenvalue weighted by atomic mass is 10.2. The van der Waals surface area contributed by atoms with Gasteiger partial charge in [-0.15, -0.1) is 0 Å². The van der Waals surface area contributed by atoms with Gasteiger partial charge < -0.3 is 15.2 Å². The van der Waals surface area contributed by atoms with E-state index in [2.05, 4.69) is 0 Å². The molecule has 0 heterocycles. The van der Waals surface area contributed by atoms with E-state index >= 15 is 0 Å². The Morgan fingerprint density at radius 2 is 2.06 bits per heavy atom. The smallest absolute Gasteiger partial charge is 0.241 e. The number of hydrogen-bond donors (Lipinski definition) is 1. The standard InChI is InChI=1S/C13H17NO3/c1-9(2)17-11-6-4-10(5-7-13(14)15)8-12(11)16-3/h4-9H,1-3H3,(H2,14,15)/b7-5+. The molecule has 0 aliphatic carbocycles. The first-order valence-corrected chi connectivity index (χ1v) is 5.35. The van der Waals surface area contributed by atoms with E-state index < -0.39 is 5.91 Å². The molecule has 1 aromatic carbocycles. The molecule has 0 saturated carbocycles. The van der Waals surface area contributed by atoms with Gasteiger partial charge >= 0.3 is 0 Å². The van der Waals surface area contributed by atoms with Crippen molar-refractivity contribution in [3.05, 3.63) is 29.8 Å². The van der Waals surface area contributed by atoms with E-state index in [1.165, 1.54) is 6.08 Å². The van der Waals surface area contributed by atoms with Gasteiger partial charge in [0.05, 0.1) is 13.2 Å². The van der Waals surface area contributed by atoms with Crippen LogP contribution in [0.5, 0.6) is 11.5 Å². The number of hydrogen-bond acceptors (Lipinski definition) is 3. The molecule has 0 aromatic heterocycles. The maximum Gasteiger partial charge on any atom is 0.241 e. The van der Waals surface area contributed by atoms with Gasteiger partial charge in [-0.25, -0.2) is 0 Å². The average molecular weight is 235 g/mol. The Morgan fingerprint density at radius 1 is 1.35 bits per heavy atom. The number of primary amides is 1. The van der Waals surface area contributed by atoms with Gasteiger partial charge in [0.15, 0.2) is 11.5 Å². The number of benzene rings is 1. The summed E-state index contributed by atoms with van der Waals surface area (Å²) in [6, 6.07) is 5.43. The highest BCUT2D eigenvalue weighted by Gasteiger charge is 2.06. The maximum absolute atomic E-state index is 10.6. The molecule has 0 bridgehead atoms. The Bertz CT molecular complexity index is 425. The fraction of sp³-hybridized carbons (Fsp3) is 0.308. The summed E-state index contributed by atoms with van der Waals surface area (Å²) in [4.78, 5) is 10.6. The lowest BCUT2D eigenvalue weighted by Gasteiger charge is -2.13. The van der Waals surface area contributed by atoms with Crippen LogP contribution in [0.15, 0.2) is 24.3 Å². The Balaban J connectivity index is 2.95. The maximum atomic E-state index is 10.6. The molecule has 92 valence electrons. The van der Waals surface area contributed by atoms with Crippen LogP contribution in [-0.2, 0) is 4.79 Å². The SMILES string of the molecule is COc1cc(/C=C/C(N)=O)ccc1OC(C)C. The van der Waals surface area contributed by atoms with Crippen LogP contribution >= 0.6 is 0 Å². The van der Waals surface area contributed by atoms with Crippen molar-refractivity contribution in [3.8, 4) is 11.5 Å². The zero-order valence-corrected chi connectivity index (χ0v) is 10.3. The molecule has 0 radical (unpaired) electrons. The summed E-state index contributed by atoms with van der Waals surface area (Å²) in [7, 11) is 1.57. The van der Waals surface area contributed by atoms with E-state index in [-0.39, 0.29) is 6.10 Å². The molecule has 1 rings (SSSR count). The molecule has 4 nitrogen and oxygen atoms in total. The molecule has 1 amide bonds. The number of carbonyl (C=O) groups excluding carboxylic acids is 1. The molecule has 1 aromatic rings. The molecular formula is C13H17NO3. The van der Waals surface area contributed by atoms with E-state index in [1.807, 2.05) is 19.9 Å². The van der Waals surface area contributed by atoms with Gasteiger partial charge in [0.25, 0.3) is 0 Å². The number of carbonyl (C=O) groups is 1. The van der Waals surface area contributed by atoms with Crippen molar-refractivity contribution in [2.24, 2.45) is 5.73 Å². The van der Waals surface area contributed by atoms with Crippen LogP contribution in [0, 0.1) is 0 Å². The van der Waals surface area contributed by atoms with Crippen molar-refractivity contribution in [2.45, 2.75) is 20.0 Å². The van der Waals surface area contributed by atoms with Crippen molar-refractivity contribution < 1.29 is 14.3 Å². The van der Waals surface area contributed by atoms with Gasteiger partial charge in [0, 0.05) is 6.08 Å². The minimum absolute atomic E-state index is 0.0795. The summed E-state index contributed by atoms with van der Waals surface area (Å²) in [6.07, 6.45) is 3.01. The molecule has 0 spiro atoms. The molecule has 0 aliphatic heterocycles. The summed E-state index contributed by atoms with van der Waals surface area (Å²) in [6.45, 7) is 3.89. The second-order valence-corrected chi connectivity index (χ2v) is 3.81. The fourth-order valence-electron chi connectivity index (χ4n) is 1.32. The van der Waals surface area contributed by atoms with E-state index in [0.29, 0.717) is 11.5 Å². The molecule has 0 aliphatic rings. The summed E-state index contributed by atoms with van der Waals surface area (Å²) in [5.74, 6) is 0.829. The summed E-state index contributed by atoms with van der Waals surface area (Å²) in [5.41, 5.74) is 5.86. The van der Waals surface area contributed by atoms with E-state index in [0.717, 1.165) is 5.56 Å². The Morgan fingerprint density at radius 3 is 2.59 bits per heavy atom. The van der Waals surface area contributed by atoms with Gasteiger partial charge in [-0.2, -0.15) is 0 Å². The number of amides is 1. The van der Waals surface area contributed by atoms with Gasteiger partial charge in [-0.1, -0.05) is 6.07 Å². The highest BCUT2D eigenvalue weighted by Crippen LogP contribution is 2.29. The fourth-order valence-corrected chi connectivity index (χ4v) is 1.32. The lowest BCUT2D eigenvalue weighted by Crippen LogP contribution is -2.07. The summed E-state index contributed by atoms with van der Waals surface area (Å²) >= 11 is 0. The minimum Gasteiger partial charge on any atom is -0.493 e. The first-order valence-electron chi connectivity index (χ1n) is 5.35. The number of ether oxygens (including phenoxy) is 2. The number of rotatable bonds is 5. The topological polar surface area (TPSA) is 61.5 Å². The van der Waals surface area contributed by atoms with E-state index in [4.69, 9.17) is 15.2 Å². The van der Waals surface area contributed by atoms with Crippen molar-refractivity contribution in [3.63, 3.8) is 0 Å². The molecule has 0 unspecified atom stereocenters. The Hall–Kier alpha value is -1.97. The molecule has 0 saturated heterocycles. The van der Waals surface area contributed by atoms with Crippen LogP contribution < -0.4 is 15.2 Å². The van der Waals surface area contributed by atoms with Crippen LogP contribution in [0.4, 0.5) is 0 Å². The molecule has 17 heavy (non-hydrogen) atoms. The molecular weight excluding hydrogens is 218 g/mol. The average Bonchev–Trinajstić information content (AvgIpc) is 2.26. The molecule has 4 heteroatoms. The van der Waals surface area contributed by atoms with Crippen LogP contribution in [-0.4, -0.2) is 19.1 Å². The Kier molecular flexibility index (Phi) is 4.57. The zero-order chi connectivity index (χ0) is 12.8. The molecule has 0 atom stereocenters. The second kappa shape index (κ2) is 5.94. The van der Waals surface area contributed by atoms with Crippen molar-refractivity contribution in [1.29, 1.82) is 0 Å². The monoisotopic (exact) mass is 235 g/mol. The first kappa shape index (κ1) is 13.1. The molecule has 2 N–H and O–H groups in total. The highest BCUT2D eigenvalue weighted by molar-refractivity contribution is 5.90. The zero-order valence-electron chi connectivity index (χ0n) is 10.3. The predicted molar refractivity (Wildman–Crippen MR) is 67.0 cm³/mol. The van der Waals surface area contributed by atoms with Crippen LogP contribution in [0.1, 0.15) is 19.4 Å². The minimum atomic E-state index is -0.480. The Labute approximate surface area is 101 Å². The van der Waals surface area contributed by atoms with Crippen LogP contribution in [0.3, 0.4) is 0 Å². The first-order chi connectivity index (χ1) is 8.02. The van der Waals surface area contributed by atoms with Gasteiger partial charge in [0.1, 0.15) is 0 Å². The largest absolute Gasteiger partial charge is 0.493 e. The van der Waals surface area contributed by atoms with Crippen molar-refractivity contribution in [1.82, 2.24) is 0 Å². The van der Waals surface area contributed by atoms with Gasteiger partial charge in [0.2, 0.25) is 5.91 Å². The number of nitrogens with two attached hydrogens (primary N) is 1.